The Morgan fingerprint density at radius 3 is 2.38 bits per heavy atom. The monoisotopic (exact) mass is 366 g/mol. The van der Waals surface area contributed by atoms with Gasteiger partial charge in [0.25, 0.3) is 5.91 Å². The second-order valence-corrected chi connectivity index (χ2v) is 5.84. The predicted octanol–water partition coefficient (Wildman–Crippen LogP) is 2.61. The first-order valence-corrected chi connectivity index (χ1v) is 7.76. The number of hydrogen-bond acceptors (Lipinski definition) is 4. The summed E-state index contributed by atoms with van der Waals surface area (Å²) in [5, 5.41) is 14.2. The van der Waals surface area contributed by atoms with Crippen molar-refractivity contribution in [2.75, 3.05) is 7.11 Å². The highest BCUT2D eigenvalue weighted by Gasteiger charge is 2.18. The van der Waals surface area contributed by atoms with Gasteiger partial charge in [0.15, 0.2) is 0 Å². The predicted molar refractivity (Wildman–Crippen MR) is 89.3 cm³/mol. The number of carbonyl (C=O) groups excluding carboxylic acids is 2. The molecule has 0 bridgehead atoms. The zero-order chi connectivity index (χ0) is 17.7. The Balaban J connectivity index is 2.24. The molecule has 0 aliphatic heterocycles. The molecule has 126 valence electrons. The fourth-order valence-electron chi connectivity index (χ4n) is 2.16. The number of halogens is 2. The van der Waals surface area contributed by atoms with Gasteiger partial charge in [0.2, 0.25) is 0 Å². The van der Waals surface area contributed by atoms with Crippen LogP contribution in [0, 0.1) is 0 Å². The van der Waals surface area contributed by atoms with E-state index < -0.39 is 17.9 Å². The highest BCUT2D eigenvalue weighted by atomic mass is 35.5. The van der Waals surface area contributed by atoms with Crippen LogP contribution in [0.3, 0.4) is 0 Å². The van der Waals surface area contributed by atoms with Crippen molar-refractivity contribution in [1.82, 2.24) is 5.32 Å². The molecule has 0 spiro atoms. The molecule has 1 atom stereocenters. The van der Waals surface area contributed by atoms with Crippen molar-refractivity contribution in [3.05, 3.63) is 63.6 Å². The number of ether oxygens (including phenoxy) is 1. The van der Waals surface area contributed by atoms with Crippen LogP contribution in [0.15, 0.2) is 42.5 Å². The van der Waals surface area contributed by atoms with E-state index in [0.29, 0.717) is 16.3 Å². The third kappa shape index (κ3) is 4.63. The van der Waals surface area contributed by atoms with E-state index in [2.05, 4.69) is 5.32 Å². The van der Waals surface area contributed by atoms with E-state index in [1.54, 1.807) is 24.3 Å². The van der Waals surface area contributed by atoms with Crippen LogP contribution in [0.5, 0.6) is 5.75 Å². The van der Waals surface area contributed by atoms with Crippen LogP contribution in [0.2, 0.25) is 10.0 Å². The van der Waals surface area contributed by atoms with Gasteiger partial charge < -0.3 is 20.0 Å². The summed E-state index contributed by atoms with van der Waals surface area (Å²) in [7, 11) is 1.53. The van der Waals surface area contributed by atoms with Crippen LogP contribution in [-0.4, -0.2) is 19.0 Å². The van der Waals surface area contributed by atoms with Gasteiger partial charge in [0, 0.05) is 17.4 Å². The van der Waals surface area contributed by atoms with E-state index in [1.165, 1.54) is 25.3 Å². The van der Waals surface area contributed by atoms with Crippen molar-refractivity contribution >= 4 is 35.1 Å². The fourth-order valence-corrected chi connectivity index (χ4v) is 2.66. The Hall–Kier alpha value is -2.24. The van der Waals surface area contributed by atoms with Crippen LogP contribution in [0.25, 0.3) is 0 Å². The first-order valence-electron chi connectivity index (χ1n) is 7.00. The summed E-state index contributed by atoms with van der Waals surface area (Å²) in [6.07, 6.45) is -0.372. The lowest BCUT2D eigenvalue weighted by Crippen LogP contribution is -2.34. The molecule has 2 rings (SSSR count). The number of nitrogens with one attached hydrogen (secondary N) is 1. The van der Waals surface area contributed by atoms with E-state index in [0.717, 1.165) is 0 Å². The Morgan fingerprint density at radius 2 is 1.83 bits per heavy atom. The van der Waals surface area contributed by atoms with E-state index in [1.807, 2.05) is 0 Å². The topological polar surface area (TPSA) is 78.5 Å². The zero-order valence-electron chi connectivity index (χ0n) is 12.7. The van der Waals surface area contributed by atoms with E-state index >= 15 is 0 Å². The van der Waals surface area contributed by atoms with Crippen molar-refractivity contribution < 1.29 is 19.4 Å². The minimum atomic E-state index is -1.28. The quantitative estimate of drug-likeness (QED) is 0.851. The van der Waals surface area contributed by atoms with Gasteiger partial charge in [-0.2, -0.15) is 0 Å². The highest BCUT2D eigenvalue weighted by Crippen LogP contribution is 2.24. The molecule has 0 saturated heterocycles. The smallest absolute Gasteiger partial charge is 0.253 e. The molecule has 0 aliphatic rings. The molecular weight excluding hydrogens is 353 g/mol. The number of carbonyl (C=O) groups is 2. The number of carboxylic acid groups (broad SMARTS) is 1. The number of carboxylic acids is 1. The first kappa shape index (κ1) is 18.1. The number of aliphatic carboxylic acids is 1. The molecule has 24 heavy (non-hydrogen) atoms. The van der Waals surface area contributed by atoms with Gasteiger partial charge in [-0.15, -0.1) is 0 Å². The maximum absolute atomic E-state index is 12.4. The maximum Gasteiger partial charge on any atom is 0.253 e. The summed E-state index contributed by atoms with van der Waals surface area (Å²) in [5.74, 6) is -1.16. The van der Waals surface area contributed by atoms with E-state index in [9.17, 15) is 14.7 Å². The Kier molecular flexibility index (Phi) is 6.06. The molecule has 5 nitrogen and oxygen atoms in total. The number of amides is 1. The molecule has 1 amide bonds. The zero-order valence-corrected chi connectivity index (χ0v) is 14.2. The molecule has 7 heteroatoms. The Bertz CT molecular complexity index is 747. The SMILES string of the molecule is COc1ccc(C(CC(=O)[O-])NC(=O)c2ccc(Cl)cc2Cl)cc1. The molecule has 1 unspecified atom stereocenters. The largest absolute Gasteiger partial charge is 0.550 e. The summed E-state index contributed by atoms with van der Waals surface area (Å²) >= 11 is 11.8. The average Bonchev–Trinajstić information content (AvgIpc) is 2.53. The molecule has 1 N–H and O–H groups in total. The van der Waals surface area contributed by atoms with Gasteiger partial charge in [-0.3, -0.25) is 4.79 Å². The molecule has 0 radical (unpaired) electrons. The Labute approximate surface area is 149 Å². The van der Waals surface area contributed by atoms with Crippen molar-refractivity contribution in [2.45, 2.75) is 12.5 Å². The summed E-state index contributed by atoms with van der Waals surface area (Å²) in [6.45, 7) is 0. The van der Waals surface area contributed by atoms with E-state index in [-0.39, 0.29) is 17.0 Å². The number of methoxy groups -OCH3 is 1. The van der Waals surface area contributed by atoms with Gasteiger partial charge in [0.05, 0.1) is 23.7 Å². The summed E-state index contributed by atoms with van der Waals surface area (Å²) in [6, 6.07) is 10.4. The fraction of sp³-hybridized carbons (Fsp3) is 0.176. The second-order valence-electron chi connectivity index (χ2n) is 5.00. The third-order valence-electron chi connectivity index (χ3n) is 3.37. The molecular formula is C17H14Cl2NO4-. The van der Waals surface area contributed by atoms with Gasteiger partial charge >= 0.3 is 0 Å². The molecule has 0 aliphatic carbocycles. The molecule has 0 fully saturated rings. The molecule has 0 saturated carbocycles. The van der Waals surface area contributed by atoms with Gasteiger partial charge in [-0.25, -0.2) is 0 Å². The standard InChI is InChI=1S/C17H15Cl2NO4/c1-24-12-5-2-10(3-6-12)15(9-16(21)22)20-17(23)13-7-4-11(18)8-14(13)19/h2-8,15H,9H2,1H3,(H,20,23)(H,21,22)/p-1. The van der Waals surface area contributed by atoms with E-state index in [4.69, 9.17) is 27.9 Å². The van der Waals surface area contributed by atoms with Crippen molar-refractivity contribution in [1.29, 1.82) is 0 Å². The average molecular weight is 367 g/mol. The van der Waals surface area contributed by atoms with Crippen LogP contribution in [0.4, 0.5) is 0 Å². The number of rotatable bonds is 6. The summed E-state index contributed by atoms with van der Waals surface area (Å²) < 4.78 is 5.06. The Morgan fingerprint density at radius 1 is 1.17 bits per heavy atom. The normalized spacial score (nSPS) is 11.6. The van der Waals surface area contributed by atoms with Crippen molar-refractivity contribution in [3.8, 4) is 5.75 Å². The first-order chi connectivity index (χ1) is 11.4. The summed E-state index contributed by atoms with van der Waals surface area (Å²) in [5.41, 5.74) is 0.816. The minimum Gasteiger partial charge on any atom is -0.550 e. The minimum absolute atomic E-state index is 0.182. The highest BCUT2D eigenvalue weighted by molar-refractivity contribution is 6.36. The third-order valence-corrected chi connectivity index (χ3v) is 3.92. The lowest BCUT2D eigenvalue weighted by Gasteiger charge is -2.20. The number of benzene rings is 2. The summed E-state index contributed by atoms with van der Waals surface area (Å²) in [4.78, 5) is 23.4. The lowest BCUT2D eigenvalue weighted by molar-refractivity contribution is -0.306. The van der Waals surface area contributed by atoms with Crippen molar-refractivity contribution in [3.63, 3.8) is 0 Å². The van der Waals surface area contributed by atoms with Gasteiger partial charge in [0.1, 0.15) is 5.75 Å². The van der Waals surface area contributed by atoms with Crippen LogP contribution in [0.1, 0.15) is 28.4 Å². The molecule has 0 aromatic heterocycles. The molecule has 0 heterocycles. The van der Waals surface area contributed by atoms with Crippen LogP contribution >= 0.6 is 23.2 Å². The number of hydrogen-bond donors (Lipinski definition) is 1. The molecule has 2 aromatic rings. The van der Waals surface area contributed by atoms with Crippen LogP contribution < -0.4 is 15.2 Å². The lowest BCUT2D eigenvalue weighted by atomic mass is 10.0. The maximum atomic E-state index is 12.4. The van der Waals surface area contributed by atoms with Crippen LogP contribution in [-0.2, 0) is 4.79 Å². The van der Waals surface area contributed by atoms with Gasteiger partial charge in [-0.05, 0) is 35.9 Å². The van der Waals surface area contributed by atoms with Gasteiger partial charge in [-0.1, -0.05) is 35.3 Å². The second kappa shape index (κ2) is 8.04. The molecule has 2 aromatic carbocycles. The van der Waals surface area contributed by atoms with Crippen molar-refractivity contribution in [2.24, 2.45) is 0 Å².